The monoisotopic (exact) mass is 270 g/mol. The molecule has 0 bridgehead atoms. The molecule has 1 fully saturated rings. The maximum atomic E-state index is 12.7. The molecular formula is C14H26N2O3. The second-order valence-electron chi connectivity index (χ2n) is 6.32. The van der Waals surface area contributed by atoms with Gasteiger partial charge in [-0.3, -0.25) is 9.59 Å². The summed E-state index contributed by atoms with van der Waals surface area (Å²) in [7, 11) is 0. The fraction of sp³-hybridized carbons (Fsp3) is 0.857. The summed E-state index contributed by atoms with van der Waals surface area (Å²) in [6.45, 7) is 9.44. The van der Waals surface area contributed by atoms with Crippen molar-refractivity contribution in [2.75, 3.05) is 13.2 Å². The lowest BCUT2D eigenvalue weighted by Gasteiger charge is -2.40. The van der Waals surface area contributed by atoms with Crippen LogP contribution in [-0.4, -0.2) is 41.5 Å². The van der Waals surface area contributed by atoms with Gasteiger partial charge in [0.25, 0.3) is 0 Å². The van der Waals surface area contributed by atoms with Crippen LogP contribution in [0.1, 0.15) is 47.5 Å². The predicted octanol–water partition coefficient (Wildman–Crippen LogP) is 1.30. The van der Waals surface area contributed by atoms with Crippen molar-refractivity contribution in [3.05, 3.63) is 0 Å². The van der Waals surface area contributed by atoms with Gasteiger partial charge in [0.1, 0.15) is 6.54 Å². The highest BCUT2D eigenvalue weighted by atomic mass is 16.5. The van der Waals surface area contributed by atoms with Crippen molar-refractivity contribution in [3.8, 4) is 0 Å². The summed E-state index contributed by atoms with van der Waals surface area (Å²) in [6.07, 6.45) is 1.90. The summed E-state index contributed by atoms with van der Waals surface area (Å²) in [4.78, 5) is 25.9. The van der Waals surface area contributed by atoms with E-state index in [2.05, 4.69) is 0 Å². The normalized spacial score (nSPS) is 16.1. The largest absolute Gasteiger partial charge is 0.465 e. The number of esters is 1. The minimum absolute atomic E-state index is 0.0247. The molecule has 1 aliphatic carbocycles. The molecule has 110 valence electrons. The molecule has 5 nitrogen and oxygen atoms in total. The molecule has 0 aromatic heterocycles. The number of hydrogen-bond acceptors (Lipinski definition) is 4. The molecular weight excluding hydrogens is 244 g/mol. The Morgan fingerprint density at radius 2 is 1.79 bits per heavy atom. The van der Waals surface area contributed by atoms with Crippen molar-refractivity contribution in [2.45, 2.75) is 59.0 Å². The van der Waals surface area contributed by atoms with Gasteiger partial charge in [-0.15, -0.1) is 0 Å². The minimum atomic E-state index is -0.720. The first-order valence-electron chi connectivity index (χ1n) is 6.86. The molecule has 0 radical (unpaired) electrons. The van der Waals surface area contributed by atoms with Gasteiger partial charge >= 0.3 is 5.97 Å². The van der Waals surface area contributed by atoms with Crippen LogP contribution in [0.2, 0.25) is 0 Å². The van der Waals surface area contributed by atoms with Crippen molar-refractivity contribution in [2.24, 2.45) is 11.1 Å². The maximum absolute atomic E-state index is 12.7. The van der Waals surface area contributed by atoms with Crippen LogP contribution in [0.4, 0.5) is 0 Å². The van der Waals surface area contributed by atoms with Crippen LogP contribution in [0.5, 0.6) is 0 Å². The van der Waals surface area contributed by atoms with E-state index in [0.717, 1.165) is 12.8 Å². The van der Waals surface area contributed by atoms with Crippen LogP contribution in [0, 0.1) is 5.41 Å². The SMILES string of the molecule is CCOC(=O)CN(C(=O)C(C)(C)C(C)(C)N)C1CC1. The van der Waals surface area contributed by atoms with Gasteiger partial charge in [0, 0.05) is 11.6 Å². The number of carbonyl (C=O) groups is 2. The van der Waals surface area contributed by atoms with Crippen LogP contribution in [0.25, 0.3) is 0 Å². The van der Waals surface area contributed by atoms with Crippen molar-refractivity contribution in [1.82, 2.24) is 4.90 Å². The molecule has 2 N–H and O–H groups in total. The molecule has 0 spiro atoms. The third kappa shape index (κ3) is 3.69. The van der Waals surface area contributed by atoms with Crippen LogP contribution in [0.3, 0.4) is 0 Å². The summed E-state index contributed by atoms with van der Waals surface area (Å²) in [5.41, 5.74) is 4.73. The standard InChI is InChI=1S/C14H26N2O3/c1-6-19-11(17)9-16(10-7-8-10)12(18)13(2,3)14(4,5)15/h10H,6-9,15H2,1-5H3. The zero-order valence-corrected chi connectivity index (χ0v) is 12.7. The van der Waals surface area contributed by atoms with Crippen LogP contribution in [-0.2, 0) is 14.3 Å². The average Bonchev–Trinajstić information content (AvgIpc) is 3.07. The van der Waals surface area contributed by atoms with E-state index in [1.165, 1.54) is 0 Å². The summed E-state index contributed by atoms with van der Waals surface area (Å²) >= 11 is 0. The van der Waals surface area contributed by atoms with Crippen LogP contribution < -0.4 is 5.73 Å². The van der Waals surface area contributed by atoms with E-state index in [9.17, 15) is 9.59 Å². The first-order chi connectivity index (χ1) is 8.61. The van der Waals surface area contributed by atoms with E-state index >= 15 is 0 Å². The molecule has 1 amide bonds. The molecule has 19 heavy (non-hydrogen) atoms. The Morgan fingerprint density at radius 3 is 2.16 bits per heavy atom. The summed E-state index contributed by atoms with van der Waals surface area (Å²) in [5.74, 6) is -0.427. The Morgan fingerprint density at radius 1 is 1.26 bits per heavy atom. The van der Waals surface area contributed by atoms with Crippen LogP contribution in [0.15, 0.2) is 0 Å². The maximum Gasteiger partial charge on any atom is 0.325 e. The molecule has 5 heteroatoms. The summed E-state index contributed by atoms with van der Waals surface area (Å²) in [6, 6.07) is 0.165. The second kappa shape index (κ2) is 5.49. The Balaban J connectivity index is 2.82. The zero-order chi connectivity index (χ0) is 14.8. The van der Waals surface area contributed by atoms with Gasteiger partial charge < -0.3 is 15.4 Å². The Bertz CT molecular complexity index is 354. The minimum Gasteiger partial charge on any atom is -0.465 e. The average molecular weight is 270 g/mol. The molecule has 0 aliphatic heterocycles. The zero-order valence-electron chi connectivity index (χ0n) is 12.7. The third-order valence-electron chi connectivity index (χ3n) is 4.00. The second-order valence-corrected chi connectivity index (χ2v) is 6.32. The smallest absolute Gasteiger partial charge is 0.325 e. The van der Waals surface area contributed by atoms with Crippen LogP contribution >= 0.6 is 0 Å². The summed E-state index contributed by atoms with van der Waals surface area (Å²) < 4.78 is 4.93. The van der Waals surface area contributed by atoms with Gasteiger partial charge in [-0.1, -0.05) is 0 Å². The van der Waals surface area contributed by atoms with Crippen molar-refractivity contribution < 1.29 is 14.3 Å². The lowest BCUT2D eigenvalue weighted by atomic mass is 9.74. The highest BCUT2D eigenvalue weighted by Gasteiger charge is 2.46. The first-order valence-corrected chi connectivity index (χ1v) is 6.86. The molecule has 0 saturated heterocycles. The number of amides is 1. The van der Waals surface area contributed by atoms with E-state index < -0.39 is 11.0 Å². The number of hydrogen-bond donors (Lipinski definition) is 1. The van der Waals surface area contributed by atoms with Gasteiger partial charge in [0.2, 0.25) is 5.91 Å². The summed E-state index contributed by atoms with van der Waals surface area (Å²) in [5, 5.41) is 0. The van der Waals surface area contributed by atoms with Crippen molar-refractivity contribution in [1.29, 1.82) is 0 Å². The third-order valence-corrected chi connectivity index (χ3v) is 4.00. The molecule has 0 aromatic rings. The van der Waals surface area contributed by atoms with Gasteiger partial charge in [-0.2, -0.15) is 0 Å². The molecule has 0 heterocycles. The molecule has 0 atom stereocenters. The van der Waals surface area contributed by atoms with Crippen molar-refractivity contribution in [3.63, 3.8) is 0 Å². The van der Waals surface area contributed by atoms with E-state index in [-0.39, 0.29) is 24.5 Å². The fourth-order valence-electron chi connectivity index (χ4n) is 1.73. The lowest BCUT2D eigenvalue weighted by Crippen LogP contribution is -2.57. The van der Waals surface area contributed by atoms with Gasteiger partial charge in [-0.25, -0.2) is 0 Å². The topological polar surface area (TPSA) is 72.6 Å². The molecule has 1 saturated carbocycles. The highest BCUT2D eigenvalue weighted by Crippen LogP contribution is 2.35. The predicted molar refractivity (Wildman–Crippen MR) is 73.4 cm³/mol. The Hall–Kier alpha value is -1.10. The molecule has 1 aliphatic rings. The number of carbonyl (C=O) groups excluding carboxylic acids is 2. The first kappa shape index (κ1) is 16.0. The highest BCUT2D eigenvalue weighted by molar-refractivity contribution is 5.87. The van der Waals surface area contributed by atoms with E-state index in [4.69, 9.17) is 10.5 Å². The Labute approximate surface area is 115 Å². The lowest BCUT2D eigenvalue weighted by molar-refractivity contribution is -0.154. The van der Waals surface area contributed by atoms with Crippen molar-refractivity contribution >= 4 is 11.9 Å². The van der Waals surface area contributed by atoms with E-state index in [0.29, 0.717) is 6.61 Å². The molecule has 0 unspecified atom stereocenters. The fourth-order valence-corrected chi connectivity index (χ4v) is 1.73. The van der Waals surface area contributed by atoms with E-state index in [1.807, 2.05) is 27.7 Å². The number of rotatable bonds is 6. The van der Waals surface area contributed by atoms with Gasteiger partial charge in [0.05, 0.1) is 12.0 Å². The van der Waals surface area contributed by atoms with Gasteiger partial charge in [-0.05, 0) is 47.5 Å². The quantitative estimate of drug-likeness (QED) is 0.738. The van der Waals surface area contributed by atoms with Gasteiger partial charge in [0.15, 0.2) is 0 Å². The number of nitrogens with zero attached hydrogens (tertiary/aromatic N) is 1. The number of ether oxygens (including phenoxy) is 1. The van der Waals surface area contributed by atoms with E-state index in [1.54, 1.807) is 11.8 Å². The Kier molecular flexibility index (Phi) is 4.61. The molecule has 1 rings (SSSR count). The number of nitrogens with two attached hydrogens (primary N) is 1. The molecule has 0 aromatic carbocycles.